The number of H-pyrrole nitrogens is 1. The first-order chi connectivity index (χ1) is 11.0. The molecule has 0 aromatic carbocycles. The maximum Gasteiger partial charge on any atom is 0.278 e. The molecule has 3 aromatic heterocycles. The lowest BCUT2D eigenvalue weighted by molar-refractivity contribution is -0.118. The highest BCUT2D eigenvalue weighted by atomic mass is 32.2. The van der Waals surface area contributed by atoms with E-state index in [2.05, 4.69) is 15.3 Å². The van der Waals surface area contributed by atoms with Crippen LogP contribution < -0.4 is 10.9 Å². The number of nitrogens with one attached hydrogen (secondary N) is 2. The summed E-state index contributed by atoms with van der Waals surface area (Å²) in [6.07, 6.45) is 1.56. The first-order valence-corrected chi connectivity index (χ1v) is 8.01. The molecule has 3 aromatic rings. The highest BCUT2D eigenvalue weighted by molar-refractivity contribution is 7.99. The largest absolute Gasteiger partial charge is 0.467 e. The van der Waals surface area contributed by atoms with Crippen molar-refractivity contribution < 1.29 is 9.21 Å². The molecule has 3 rings (SSSR count). The third-order valence-corrected chi connectivity index (χ3v) is 4.36. The predicted octanol–water partition coefficient (Wildman–Crippen LogP) is 1.57. The summed E-state index contributed by atoms with van der Waals surface area (Å²) < 4.78 is 6.60. The van der Waals surface area contributed by atoms with Crippen molar-refractivity contribution in [1.29, 1.82) is 0 Å². The number of hydrogen-bond donors (Lipinski definition) is 2. The standard InChI is InChI=1S/C15H16N4O3S/c1-9-6-11-13(17-9)14(21)19(2)15(18-11)23-8-12(20)16-7-10-4-3-5-22-10/h3-6,17H,7-8H2,1-2H3,(H,16,20). The van der Waals surface area contributed by atoms with Gasteiger partial charge in [0.25, 0.3) is 5.56 Å². The number of hydrogen-bond acceptors (Lipinski definition) is 5. The van der Waals surface area contributed by atoms with Crippen LogP contribution in [-0.2, 0) is 18.4 Å². The third kappa shape index (κ3) is 3.31. The minimum Gasteiger partial charge on any atom is -0.467 e. The van der Waals surface area contributed by atoms with Crippen LogP contribution in [0.5, 0.6) is 0 Å². The van der Waals surface area contributed by atoms with E-state index in [0.29, 0.717) is 28.5 Å². The lowest BCUT2D eigenvalue weighted by Gasteiger charge is -2.07. The smallest absolute Gasteiger partial charge is 0.278 e. The van der Waals surface area contributed by atoms with Gasteiger partial charge in [0.1, 0.15) is 11.3 Å². The molecule has 3 heterocycles. The molecule has 0 radical (unpaired) electrons. The Hall–Kier alpha value is -2.48. The highest BCUT2D eigenvalue weighted by Gasteiger charge is 2.12. The lowest BCUT2D eigenvalue weighted by Crippen LogP contribution is -2.25. The van der Waals surface area contributed by atoms with Crippen LogP contribution in [0.4, 0.5) is 0 Å². The van der Waals surface area contributed by atoms with Gasteiger partial charge in [0.05, 0.1) is 24.1 Å². The van der Waals surface area contributed by atoms with E-state index >= 15 is 0 Å². The molecular formula is C15H16N4O3S. The maximum absolute atomic E-state index is 12.3. The molecule has 0 unspecified atom stereocenters. The zero-order valence-corrected chi connectivity index (χ0v) is 13.6. The van der Waals surface area contributed by atoms with Crippen molar-refractivity contribution in [3.05, 3.63) is 46.3 Å². The fraction of sp³-hybridized carbons (Fsp3) is 0.267. The van der Waals surface area contributed by atoms with E-state index in [1.54, 1.807) is 25.4 Å². The molecule has 0 aliphatic carbocycles. The van der Waals surface area contributed by atoms with Gasteiger partial charge in [0.15, 0.2) is 5.16 Å². The Morgan fingerprint density at radius 3 is 3.09 bits per heavy atom. The molecule has 1 amide bonds. The van der Waals surface area contributed by atoms with Gasteiger partial charge < -0.3 is 14.7 Å². The summed E-state index contributed by atoms with van der Waals surface area (Å²) in [4.78, 5) is 31.6. The zero-order valence-electron chi connectivity index (χ0n) is 12.8. The number of aromatic nitrogens is 3. The molecule has 0 fully saturated rings. The number of furan rings is 1. The van der Waals surface area contributed by atoms with Crippen LogP contribution in [0.25, 0.3) is 11.0 Å². The monoisotopic (exact) mass is 332 g/mol. The van der Waals surface area contributed by atoms with Gasteiger partial charge in [-0.15, -0.1) is 0 Å². The molecule has 0 saturated carbocycles. The molecule has 2 N–H and O–H groups in total. The Morgan fingerprint density at radius 1 is 1.52 bits per heavy atom. The van der Waals surface area contributed by atoms with E-state index in [1.165, 1.54) is 16.3 Å². The zero-order chi connectivity index (χ0) is 16.4. The average molecular weight is 332 g/mol. The first kappa shape index (κ1) is 15.4. The topological polar surface area (TPSA) is 92.9 Å². The Kier molecular flexibility index (Phi) is 4.24. The fourth-order valence-electron chi connectivity index (χ4n) is 2.17. The second-order valence-corrected chi connectivity index (χ2v) is 6.06. The quantitative estimate of drug-likeness (QED) is 0.546. The normalized spacial score (nSPS) is 11.0. The average Bonchev–Trinajstić information content (AvgIpc) is 3.16. The Bertz CT molecular complexity index is 895. The van der Waals surface area contributed by atoms with Gasteiger partial charge in [0.2, 0.25) is 5.91 Å². The van der Waals surface area contributed by atoms with Crippen molar-refractivity contribution in [3.63, 3.8) is 0 Å². The number of thioether (sulfide) groups is 1. The Balaban J connectivity index is 1.68. The number of rotatable bonds is 5. The molecule has 0 spiro atoms. The van der Waals surface area contributed by atoms with E-state index in [1.807, 2.05) is 13.0 Å². The Morgan fingerprint density at radius 2 is 2.35 bits per heavy atom. The molecule has 0 aliphatic rings. The van der Waals surface area contributed by atoms with Crippen LogP contribution in [0.2, 0.25) is 0 Å². The highest BCUT2D eigenvalue weighted by Crippen LogP contribution is 2.17. The summed E-state index contributed by atoms with van der Waals surface area (Å²) in [6, 6.07) is 5.38. The molecule has 0 bridgehead atoms. The minimum absolute atomic E-state index is 0.147. The second-order valence-electron chi connectivity index (χ2n) is 5.12. The van der Waals surface area contributed by atoms with Gasteiger partial charge in [-0.05, 0) is 25.1 Å². The predicted molar refractivity (Wildman–Crippen MR) is 87.4 cm³/mol. The van der Waals surface area contributed by atoms with Gasteiger partial charge in [0, 0.05) is 12.7 Å². The molecule has 0 atom stereocenters. The van der Waals surface area contributed by atoms with Crippen LogP contribution in [0, 0.1) is 6.92 Å². The summed E-state index contributed by atoms with van der Waals surface area (Å²) in [7, 11) is 1.65. The van der Waals surface area contributed by atoms with Gasteiger partial charge in [-0.3, -0.25) is 14.2 Å². The van der Waals surface area contributed by atoms with E-state index in [9.17, 15) is 9.59 Å². The van der Waals surface area contributed by atoms with Crippen molar-refractivity contribution in [1.82, 2.24) is 19.9 Å². The number of fused-ring (bicyclic) bond motifs is 1. The van der Waals surface area contributed by atoms with Gasteiger partial charge in [-0.1, -0.05) is 11.8 Å². The van der Waals surface area contributed by atoms with Crippen molar-refractivity contribution in [3.8, 4) is 0 Å². The number of carbonyl (C=O) groups excluding carboxylic acids is 1. The summed E-state index contributed by atoms with van der Waals surface area (Å²) in [5.74, 6) is 0.722. The summed E-state index contributed by atoms with van der Waals surface area (Å²) in [5.41, 5.74) is 1.82. The van der Waals surface area contributed by atoms with Gasteiger partial charge in [-0.25, -0.2) is 4.98 Å². The second kappa shape index (κ2) is 6.33. The summed E-state index contributed by atoms with van der Waals surface area (Å²) >= 11 is 1.23. The molecule has 23 heavy (non-hydrogen) atoms. The van der Waals surface area contributed by atoms with Crippen LogP contribution in [0.1, 0.15) is 11.5 Å². The minimum atomic E-state index is -0.151. The van der Waals surface area contributed by atoms with E-state index in [-0.39, 0.29) is 17.2 Å². The number of aromatic amines is 1. The van der Waals surface area contributed by atoms with Crippen LogP contribution in [0.3, 0.4) is 0 Å². The summed E-state index contributed by atoms with van der Waals surface area (Å²) in [5, 5.41) is 3.26. The SMILES string of the molecule is Cc1cc2nc(SCC(=O)NCc3ccco3)n(C)c(=O)c2[nH]1. The number of nitrogens with zero attached hydrogens (tertiary/aromatic N) is 2. The van der Waals surface area contributed by atoms with E-state index in [4.69, 9.17) is 4.42 Å². The summed E-state index contributed by atoms with van der Waals surface area (Å²) in [6.45, 7) is 2.21. The van der Waals surface area contributed by atoms with Crippen LogP contribution in [0.15, 0.2) is 38.8 Å². The molecule has 7 nitrogen and oxygen atoms in total. The van der Waals surface area contributed by atoms with E-state index in [0.717, 1.165) is 5.69 Å². The molecular weight excluding hydrogens is 316 g/mol. The Labute approximate surface area is 136 Å². The van der Waals surface area contributed by atoms with Crippen LogP contribution in [-0.4, -0.2) is 26.2 Å². The number of amides is 1. The van der Waals surface area contributed by atoms with E-state index < -0.39 is 0 Å². The van der Waals surface area contributed by atoms with Crippen molar-refractivity contribution >= 4 is 28.7 Å². The van der Waals surface area contributed by atoms with Crippen molar-refractivity contribution in [2.75, 3.05) is 5.75 Å². The molecule has 0 aliphatic heterocycles. The first-order valence-electron chi connectivity index (χ1n) is 7.03. The number of aryl methyl sites for hydroxylation is 1. The number of carbonyl (C=O) groups is 1. The molecule has 8 heteroatoms. The van der Waals surface area contributed by atoms with Crippen molar-refractivity contribution in [2.45, 2.75) is 18.6 Å². The van der Waals surface area contributed by atoms with Crippen LogP contribution >= 0.6 is 11.8 Å². The van der Waals surface area contributed by atoms with Gasteiger partial charge in [-0.2, -0.15) is 0 Å². The molecule has 120 valence electrons. The fourth-order valence-corrected chi connectivity index (χ4v) is 2.97. The van der Waals surface area contributed by atoms with Gasteiger partial charge >= 0.3 is 0 Å². The maximum atomic E-state index is 12.3. The third-order valence-electron chi connectivity index (χ3n) is 3.33. The van der Waals surface area contributed by atoms with Crippen molar-refractivity contribution in [2.24, 2.45) is 7.05 Å². The molecule has 0 saturated heterocycles. The lowest BCUT2D eigenvalue weighted by atomic mass is 10.4.